The summed E-state index contributed by atoms with van der Waals surface area (Å²) in [5, 5.41) is 10.9. The van der Waals surface area contributed by atoms with Gasteiger partial charge in [-0.3, -0.25) is 29.3 Å². The first-order valence-corrected chi connectivity index (χ1v) is 13.2. The van der Waals surface area contributed by atoms with E-state index < -0.39 is 16.8 Å². The van der Waals surface area contributed by atoms with Gasteiger partial charge < -0.3 is 9.64 Å². The summed E-state index contributed by atoms with van der Waals surface area (Å²) in [5.74, 6) is -0.783. The lowest BCUT2D eigenvalue weighted by molar-refractivity contribution is -0.384. The molecule has 2 saturated carbocycles. The first kappa shape index (κ1) is 23.8. The molecule has 2 aliphatic heterocycles. The van der Waals surface area contributed by atoms with Crippen molar-refractivity contribution in [2.24, 2.45) is 41.4 Å². The molecule has 198 valence electrons. The van der Waals surface area contributed by atoms with Gasteiger partial charge in [0.25, 0.3) is 5.69 Å². The summed E-state index contributed by atoms with van der Waals surface area (Å²) >= 11 is 0. The minimum absolute atomic E-state index is 0.0369. The van der Waals surface area contributed by atoms with Gasteiger partial charge >= 0.3 is 5.97 Å². The summed E-state index contributed by atoms with van der Waals surface area (Å²) in [4.78, 5) is 65.5. The standard InChI is InChI=1S/C29H25N3O7/c1-14-10-18(39-29(36)15-11-24(33)30(13-15)16-2-4-17(5-3-16)32(37)38)6-9-23(14)31-27(34)25-19-7-8-20(22-12-21(19)22)26(25)28(31)35/h2-10,15,19-22,25-26H,11-13H2,1H3/t15-,19+,20+,21-,22+,25-,26+/m1/s1. The van der Waals surface area contributed by atoms with Gasteiger partial charge in [0, 0.05) is 30.8 Å². The molecule has 0 unspecified atom stereocenters. The number of nitrogens with zero attached hydrogens (tertiary/aromatic N) is 3. The van der Waals surface area contributed by atoms with Gasteiger partial charge in [-0.05, 0) is 72.9 Å². The second-order valence-electron chi connectivity index (χ2n) is 11.2. The molecule has 4 aliphatic carbocycles. The van der Waals surface area contributed by atoms with Crippen LogP contribution in [0.1, 0.15) is 18.4 Å². The molecule has 0 radical (unpaired) electrons. The van der Waals surface area contributed by atoms with Crippen LogP contribution in [0.4, 0.5) is 17.1 Å². The van der Waals surface area contributed by atoms with E-state index in [0.29, 0.717) is 28.8 Å². The molecule has 2 aromatic rings. The molecular formula is C29H25N3O7. The van der Waals surface area contributed by atoms with Crippen molar-refractivity contribution in [2.45, 2.75) is 19.8 Å². The van der Waals surface area contributed by atoms with E-state index in [-0.39, 0.29) is 65.8 Å². The zero-order chi connectivity index (χ0) is 27.2. The van der Waals surface area contributed by atoms with Gasteiger partial charge in [-0.25, -0.2) is 4.90 Å². The number of nitro groups is 1. The number of esters is 1. The topological polar surface area (TPSA) is 127 Å². The number of hydrogen-bond acceptors (Lipinski definition) is 7. The lowest BCUT2D eigenvalue weighted by Gasteiger charge is -2.37. The van der Waals surface area contributed by atoms with Gasteiger partial charge in [-0.1, -0.05) is 12.2 Å². The predicted molar refractivity (Wildman–Crippen MR) is 138 cm³/mol. The number of ether oxygens (including phenoxy) is 1. The quantitative estimate of drug-likeness (QED) is 0.146. The molecule has 8 rings (SSSR count). The molecule has 2 bridgehead atoms. The van der Waals surface area contributed by atoms with Crippen LogP contribution in [0.5, 0.6) is 5.75 Å². The molecule has 2 saturated heterocycles. The Hall–Kier alpha value is -4.34. The lowest BCUT2D eigenvalue weighted by Crippen LogP contribution is -2.40. The summed E-state index contributed by atoms with van der Waals surface area (Å²) < 4.78 is 5.59. The van der Waals surface area contributed by atoms with Crippen molar-refractivity contribution in [3.8, 4) is 5.75 Å². The Labute approximate surface area is 223 Å². The van der Waals surface area contributed by atoms with E-state index in [1.54, 1.807) is 25.1 Å². The summed E-state index contributed by atoms with van der Waals surface area (Å²) in [7, 11) is 0. The smallest absolute Gasteiger partial charge is 0.316 e. The van der Waals surface area contributed by atoms with Crippen molar-refractivity contribution in [1.29, 1.82) is 0 Å². The second-order valence-corrected chi connectivity index (χ2v) is 11.2. The highest BCUT2D eigenvalue weighted by Crippen LogP contribution is 2.65. The average Bonchev–Trinajstić information content (AvgIpc) is 3.60. The molecule has 4 fully saturated rings. The first-order chi connectivity index (χ1) is 18.7. The number of carbonyl (C=O) groups is 4. The molecule has 7 atom stereocenters. The number of allylic oxidation sites excluding steroid dienone is 2. The number of nitro benzene ring substituents is 1. The average molecular weight is 528 g/mol. The number of imide groups is 1. The van der Waals surface area contributed by atoms with E-state index in [0.717, 1.165) is 6.42 Å². The lowest BCUT2D eigenvalue weighted by atomic mass is 9.63. The third-order valence-corrected chi connectivity index (χ3v) is 9.12. The summed E-state index contributed by atoms with van der Waals surface area (Å²) in [6.45, 7) is 1.87. The van der Waals surface area contributed by atoms with Crippen molar-refractivity contribution in [3.63, 3.8) is 0 Å². The molecule has 10 nitrogen and oxygen atoms in total. The van der Waals surface area contributed by atoms with Crippen LogP contribution in [0.15, 0.2) is 54.6 Å². The van der Waals surface area contributed by atoms with Crippen molar-refractivity contribution in [3.05, 3.63) is 70.3 Å². The number of benzene rings is 2. The van der Waals surface area contributed by atoms with E-state index in [1.165, 1.54) is 34.1 Å². The first-order valence-electron chi connectivity index (χ1n) is 13.2. The van der Waals surface area contributed by atoms with Gasteiger partial charge in [0.15, 0.2) is 0 Å². The van der Waals surface area contributed by atoms with Crippen LogP contribution >= 0.6 is 0 Å². The maximum Gasteiger partial charge on any atom is 0.316 e. The van der Waals surface area contributed by atoms with Gasteiger partial charge in [-0.15, -0.1) is 0 Å². The number of hydrogen-bond donors (Lipinski definition) is 0. The number of carbonyl (C=O) groups excluding carboxylic acids is 4. The molecule has 2 heterocycles. The molecule has 0 N–H and O–H groups in total. The van der Waals surface area contributed by atoms with Crippen LogP contribution in [0.25, 0.3) is 0 Å². The van der Waals surface area contributed by atoms with Crippen LogP contribution in [0, 0.1) is 58.5 Å². The predicted octanol–water partition coefficient (Wildman–Crippen LogP) is 3.42. The van der Waals surface area contributed by atoms with Crippen molar-refractivity contribution in [1.82, 2.24) is 0 Å². The summed E-state index contributed by atoms with van der Waals surface area (Å²) in [5.41, 5.74) is 1.54. The van der Waals surface area contributed by atoms with Gasteiger partial charge in [0.05, 0.1) is 28.4 Å². The summed E-state index contributed by atoms with van der Waals surface area (Å²) in [6, 6.07) is 10.4. The highest BCUT2D eigenvalue weighted by molar-refractivity contribution is 6.23. The molecule has 10 heteroatoms. The molecule has 0 spiro atoms. The maximum atomic E-state index is 13.4. The molecule has 3 amide bonds. The minimum atomic E-state index is -0.702. The van der Waals surface area contributed by atoms with Gasteiger partial charge in [0.2, 0.25) is 17.7 Å². The third kappa shape index (κ3) is 3.54. The van der Waals surface area contributed by atoms with E-state index >= 15 is 0 Å². The summed E-state index contributed by atoms with van der Waals surface area (Å²) in [6.07, 6.45) is 5.35. The number of amides is 3. The minimum Gasteiger partial charge on any atom is -0.426 e. The Bertz CT molecular complexity index is 1460. The fourth-order valence-corrected chi connectivity index (χ4v) is 7.21. The largest absolute Gasteiger partial charge is 0.426 e. The molecule has 2 aromatic carbocycles. The monoisotopic (exact) mass is 527 g/mol. The number of non-ortho nitro benzene ring substituents is 1. The number of anilines is 2. The van der Waals surface area contributed by atoms with E-state index in [9.17, 15) is 29.3 Å². The number of rotatable bonds is 5. The molecular weight excluding hydrogens is 502 g/mol. The van der Waals surface area contributed by atoms with E-state index in [4.69, 9.17) is 4.74 Å². The van der Waals surface area contributed by atoms with Crippen LogP contribution in [0.2, 0.25) is 0 Å². The molecule has 6 aliphatic rings. The maximum absolute atomic E-state index is 13.4. The highest BCUT2D eigenvalue weighted by Gasteiger charge is 2.67. The number of aryl methyl sites for hydroxylation is 1. The van der Waals surface area contributed by atoms with Crippen molar-refractivity contribution in [2.75, 3.05) is 16.3 Å². The Morgan fingerprint density at radius 3 is 2.21 bits per heavy atom. The Morgan fingerprint density at radius 1 is 0.974 bits per heavy atom. The Balaban J connectivity index is 1.05. The van der Waals surface area contributed by atoms with Crippen LogP contribution in [-0.2, 0) is 19.2 Å². The second kappa shape index (κ2) is 8.33. The van der Waals surface area contributed by atoms with E-state index in [2.05, 4.69) is 12.2 Å². The highest BCUT2D eigenvalue weighted by atomic mass is 16.6. The third-order valence-electron chi connectivity index (χ3n) is 9.12. The van der Waals surface area contributed by atoms with E-state index in [1.807, 2.05) is 0 Å². The normalized spacial score (nSPS) is 31.9. The fourth-order valence-electron chi connectivity index (χ4n) is 7.21. The molecule has 39 heavy (non-hydrogen) atoms. The van der Waals surface area contributed by atoms with Gasteiger partial charge in [-0.2, -0.15) is 0 Å². The zero-order valence-corrected chi connectivity index (χ0v) is 21.1. The zero-order valence-electron chi connectivity index (χ0n) is 21.1. The SMILES string of the molecule is Cc1cc(OC(=O)[C@@H]2CC(=O)N(c3ccc([N+](=O)[O-])cc3)C2)ccc1N1C(=O)[C@@H]2[C@H]3C=C[C@@H]([C@@H]4C[C@H]34)[C@@H]2C1=O. The van der Waals surface area contributed by atoms with Crippen molar-refractivity contribution < 1.29 is 28.8 Å². The van der Waals surface area contributed by atoms with Gasteiger partial charge in [0.1, 0.15) is 5.75 Å². The Morgan fingerprint density at radius 2 is 1.62 bits per heavy atom. The molecule has 0 aromatic heterocycles. The Kier molecular flexibility index (Phi) is 5.07. The van der Waals surface area contributed by atoms with Crippen LogP contribution < -0.4 is 14.5 Å². The van der Waals surface area contributed by atoms with Crippen LogP contribution in [0.3, 0.4) is 0 Å². The van der Waals surface area contributed by atoms with Crippen molar-refractivity contribution >= 4 is 40.8 Å². The van der Waals surface area contributed by atoms with Crippen LogP contribution in [-0.4, -0.2) is 35.2 Å². The fraction of sp³-hybridized carbons (Fsp3) is 0.379.